The molecule has 1 heterocycles. The molecule has 4 nitrogen and oxygen atoms in total. The Bertz CT molecular complexity index is 1230. The van der Waals surface area contributed by atoms with Gasteiger partial charge in [0.1, 0.15) is 11.9 Å². The van der Waals surface area contributed by atoms with Gasteiger partial charge in [-0.25, -0.2) is 0 Å². The predicted octanol–water partition coefficient (Wildman–Crippen LogP) is 7.61. The molecule has 1 aliphatic heterocycles. The van der Waals surface area contributed by atoms with Gasteiger partial charge in [-0.05, 0) is 61.8 Å². The van der Waals surface area contributed by atoms with Crippen LogP contribution in [0.25, 0.3) is 0 Å². The van der Waals surface area contributed by atoms with Gasteiger partial charge in [-0.1, -0.05) is 56.2 Å². The van der Waals surface area contributed by atoms with Crippen molar-refractivity contribution >= 4 is 6.29 Å². The summed E-state index contributed by atoms with van der Waals surface area (Å²) in [6.45, 7) is 6.86. The molecule has 1 spiro atoms. The van der Waals surface area contributed by atoms with E-state index in [9.17, 15) is 23.1 Å². The second kappa shape index (κ2) is 9.33. The largest absolute Gasteiger partial charge is 0.456 e. The van der Waals surface area contributed by atoms with E-state index in [1.165, 1.54) is 12.5 Å². The first-order chi connectivity index (χ1) is 19.1. The summed E-state index contributed by atoms with van der Waals surface area (Å²) in [4.78, 5) is 11.3. The van der Waals surface area contributed by atoms with Crippen LogP contribution in [-0.4, -0.2) is 48.1 Å². The SMILES string of the molecule is CC1(C)COC2(CCC3=C4C(CCC3C2)C2CC[C@@](O)(C(F)(F)C(F)(F)F)[C@@]2(C)C[C@@H]4c2ccc(C=O)cc2)OC1. The lowest BCUT2D eigenvalue weighted by Crippen LogP contribution is -2.65. The van der Waals surface area contributed by atoms with E-state index in [-0.39, 0.29) is 30.1 Å². The van der Waals surface area contributed by atoms with Crippen LogP contribution in [0.4, 0.5) is 22.0 Å². The molecule has 0 radical (unpaired) electrons. The molecule has 9 heteroatoms. The van der Waals surface area contributed by atoms with Gasteiger partial charge in [0.25, 0.3) is 0 Å². The summed E-state index contributed by atoms with van der Waals surface area (Å²) in [5, 5.41) is 11.4. The van der Waals surface area contributed by atoms with Gasteiger partial charge in [0.05, 0.1) is 13.2 Å². The lowest BCUT2D eigenvalue weighted by molar-refractivity contribution is -0.362. The number of benzene rings is 1. The Morgan fingerprint density at radius 3 is 2.20 bits per heavy atom. The second-order valence-electron chi connectivity index (χ2n) is 14.3. The van der Waals surface area contributed by atoms with E-state index in [0.717, 1.165) is 23.8 Å². The Labute approximate surface area is 237 Å². The summed E-state index contributed by atoms with van der Waals surface area (Å²) in [6.07, 6.45) is -2.13. The molecule has 3 saturated carbocycles. The van der Waals surface area contributed by atoms with Gasteiger partial charge in [0.2, 0.25) is 0 Å². The van der Waals surface area contributed by atoms with E-state index >= 15 is 8.78 Å². The van der Waals surface area contributed by atoms with Gasteiger partial charge < -0.3 is 14.6 Å². The van der Waals surface area contributed by atoms with Crippen molar-refractivity contribution in [3.8, 4) is 0 Å². The normalized spacial score (nSPS) is 38.3. The first kappa shape index (κ1) is 29.2. The van der Waals surface area contributed by atoms with Gasteiger partial charge >= 0.3 is 12.1 Å². The molecule has 0 aromatic heterocycles. The van der Waals surface area contributed by atoms with Crippen molar-refractivity contribution < 1.29 is 41.3 Å². The third kappa shape index (κ3) is 4.27. The molecular formula is C32H39F5O4. The van der Waals surface area contributed by atoms with Crippen LogP contribution in [0.5, 0.6) is 0 Å². The highest BCUT2D eigenvalue weighted by atomic mass is 19.4. The van der Waals surface area contributed by atoms with Crippen LogP contribution in [0, 0.1) is 28.6 Å². The molecule has 4 aliphatic carbocycles. The van der Waals surface area contributed by atoms with E-state index < -0.39 is 47.2 Å². The number of fused-ring (bicyclic) bond motifs is 4. The number of carbonyl (C=O) groups excluding carboxylic acids is 1. The molecule has 6 atom stereocenters. The Morgan fingerprint density at radius 2 is 1.59 bits per heavy atom. The number of rotatable bonds is 3. The first-order valence-electron chi connectivity index (χ1n) is 14.8. The average Bonchev–Trinajstić information content (AvgIpc) is 3.21. The molecule has 226 valence electrons. The summed E-state index contributed by atoms with van der Waals surface area (Å²) in [7, 11) is 0. The van der Waals surface area contributed by atoms with Crippen molar-refractivity contribution in [3.05, 3.63) is 46.5 Å². The molecule has 1 N–H and O–H groups in total. The Hall–Kier alpha value is -1.84. The molecule has 4 fully saturated rings. The third-order valence-electron chi connectivity index (χ3n) is 11.3. The topological polar surface area (TPSA) is 55.8 Å². The first-order valence-corrected chi connectivity index (χ1v) is 14.8. The fourth-order valence-corrected chi connectivity index (χ4v) is 9.09. The number of hydrogen-bond donors (Lipinski definition) is 1. The summed E-state index contributed by atoms with van der Waals surface area (Å²) in [5.74, 6) is -6.84. The van der Waals surface area contributed by atoms with Gasteiger partial charge in [-0.15, -0.1) is 0 Å². The molecular weight excluding hydrogens is 543 g/mol. The van der Waals surface area contributed by atoms with Crippen molar-refractivity contribution in [2.45, 2.75) is 102 Å². The molecule has 3 unspecified atom stereocenters. The Kier molecular flexibility index (Phi) is 6.65. The fraction of sp³-hybridized carbons (Fsp3) is 0.719. The Balaban J connectivity index is 1.42. The zero-order valence-corrected chi connectivity index (χ0v) is 23.8. The maximum atomic E-state index is 15.2. The van der Waals surface area contributed by atoms with Crippen LogP contribution >= 0.6 is 0 Å². The smallest absolute Gasteiger partial charge is 0.383 e. The van der Waals surface area contributed by atoms with Crippen LogP contribution < -0.4 is 0 Å². The third-order valence-corrected chi connectivity index (χ3v) is 11.3. The number of carbonyl (C=O) groups is 1. The molecule has 0 amide bonds. The van der Waals surface area contributed by atoms with E-state index in [2.05, 4.69) is 13.8 Å². The molecule has 5 aliphatic rings. The minimum absolute atomic E-state index is 0.0192. The van der Waals surface area contributed by atoms with Crippen molar-refractivity contribution in [1.82, 2.24) is 0 Å². The maximum Gasteiger partial charge on any atom is 0.456 e. The van der Waals surface area contributed by atoms with Crippen molar-refractivity contribution in [1.29, 1.82) is 0 Å². The molecule has 1 aromatic carbocycles. The standard InChI is InChI=1S/C32H39F5O4/c1-27(2)17-40-29(41-18-27)12-10-22-21(14-29)8-9-23-25-11-13-30(39,31(33,34)32(35,36)37)28(25,3)15-24(26(22)23)20-6-4-19(16-38)5-7-20/h4-7,16,21,23-25,39H,8-15,17-18H2,1-3H3/t21?,23?,24-,25?,28+,30+/m1/s1. The number of allylic oxidation sites excluding steroid dienone is 2. The van der Waals surface area contributed by atoms with Crippen molar-refractivity contribution in [2.75, 3.05) is 13.2 Å². The number of aliphatic hydroxyl groups is 1. The van der Waals surface area contributed by atoms with Crippen molar-refractivity contribution in [3.63, 3.8) is 0 Å². The quantitative estimate of drug-likeness (QED) is 0.227. The number of ether oxygens (including phenoxy) is 2. The molecule has 0 bridgehead atoms. The zero-order chi connectivity index (χ0) is 29.6. The van der Waals surface area contributed by atoms with Gasteiger partial charge in [0, 0.05) is 35.2 Å². The monoisotopic (exact) mass is 582 g/mol. The number of halogens is 5. The van der Waals surface area contributed by atoms with Crippen LogP contribution in [0.3, 0.4) is 0 Å². The lowest BCUT2D eigenvalue weighted by Gasteiger charge is -2.57. The van der Waals surface area contributed by atoms with E-state index in [0.29, 0.717) is 44.5 Å². The summed E-state index contributed by atoms with van der Waals surface area (Å²) in [6, 6.07) is 6.87. The predicted molar refractivity (Wildman–Crippen MR) is 141 cm³/mol. The van der Waals surface area contributed by atoms with E-state index in [4.69, 9.17) is 9.47 Å². The molecule has 1 saturated heterocycles. The van der Waals surface area contributed by atoms with Crippen LogP contribution in [0.1, 0.15) is 94.0 Å². The molecule has 41 heavy (non-hydrogen) atoms. The highest BCUT2D eigenvalue weighted by Gasteiger charge is 2.79. The molecule has 1 aromatic rings. The zero-order valence-electron chi connectivity index (χ0n) is 23.8. The van der Waals surface area contributed by atoms with Crippen molar-refractivity contribution in [2.24, 2.45) is 28.6 Å². The summed E-state index contributed by atoms with van der Waals surface area (Å²) >= 11 is 0. The number of hydrogen-bond acceptors (Lipinski definition) is 4. The van der Waals surface area contributed by atoms with Crippen LogP contribution in [0.2, 0.25) is 0 Å². The van der Waals surface area contributed by atoms with Crippen LogP contribution in [0.15, 0.2) is 35.4 Å². The van der Waals surface area contributed by atoms with Gasteiger partial charge in [0.15, 0.2) is 5.79 Å². The highest BCUT2D eigenvalue weighted by molar-refractivity contribution is 5.74. The minimum Gasteiger partial charge on any atom is -0.383 e. The molecule has 6 rings (SSSR count). The second-order valence-corrected chi connectivity index (χ2v) is 14.3. The summed E-state index contributed by atoms with van der Waals surface area (Å²) in [5.41, 5.74) is -1.28. The summed E-state index contributed by atoms with van der Waals surface area (Å²) < 4.78 is 84.3. The maximum absolute atomic E-state index is 15.2. The Morgan fingerprint density at radius 1 is 0.927 bits per heavy atom. The van der Waals surface area contributed by atoms with Gasteiger partial charge in [-0.2, -0.15) is 22.0 Å². The highest BCUT2D eigenvalue weighted by Crippen LogP contribution is 2.71. The lowest BCUT2D eigenvalue weighted by atomic mass is 9.49. The van der Waals surface area contributed by atoms with E-state index in [1.807, 2.05) is 0 Å². The van der Waals surface area contributed by atoms with Gasteiger partial charge in [-0.3, -0.25) is 4.79 Å². The van der Waals surface area contributed by atoms with E-state index in [1.54, 1.807) is 24.3 Å². The van der Waals surface area contributed by atoms with Crippen LogP contribution in [-0.2, 0) is 9.47 Å². The number of alkyl halides is 5. The minimum atomic E-state index is -5.86. The average molecular weight is 583 g/mol. The fourth-order valence-electron chi connectivity index (χ4n) is 9.09. The number of aldehydes is 1.